The molecule has 5 heteroatoms. The maximum Gasteiger partial charge on any atom is 0.227 e. The summed E-state index contributed by atoms with van der Waals surface area (Å²) in [6.45, 7) is 2.52. The van der Waals surface area contributed by atoms with Gasteiger partial charge in [0.1, 0.15) is 11.1 Å². The van der Waals surface area contributed by atoms with Crippen LogP contribution in [0, 0.1) is 17.2 Å². The molecular formula is C16H23N3OS. The van der Waals surface area contributed by atoms with E-state index in [9.17, 15) is 10.1 Å². The van der Waals surface area contributed by atoms with Crippen LogP contribution in [0.25, 0.3) is 0 Å². The zero-order valence-corrected chi connectivity index (χ0v) is 13.4. The van der Waals surface area contributed by atoms with E-state index in [0.717, 1.165) is 37.1 Å². The van der Waals surface area contributed by atoms with Crippen LogP contribution < -0.4 is 11.1 Å². The maximum absolute atomic E-state index is 12.2. The molecule has 21 heavy (non-hydrogen) atoms. The smallest absolute Gasteiger partial charge is 0.227 e. The summed E-state index contributed by atoms with van der Waals surface area (Å²) in [4.78, 5) is 13.5. The van der Waals surface area contributed by atoms with Gasteiger partial charge in [-0.2, -0.15) is 5.26 Å². The van der Waals surface area contributed by atoms with Gasteiger partial charge in [-0.3, -0.25) is 4.79 Å². The molecule has 0 fully saturated rings. The van der Waals surface area contributed by atoms with Crippen LogP contribution >= 0.6 is 11.3 Å². The molecule has 0 bridgehead atoms. The lowest BCUT2D eigenvalue weighted by Crippen LogP contribution is -2.21. The minimum Gasteiger partial charge on any atom is -0.330 e. The van der Waals surface area contributed by atoms with Crippen molar-refractivity contribution in [1.82, 2.24) is 0 Å². The average Bonchev–Trinajstić information content (AvgIpc) is 2.65. The summed E-state index contributed by atoms with van der Waals surface area (Å²) in [5, 5.41) is 13.1. The normalized spacial score (nSPS) is 15.7. The Hall–Kier alpha value is -1.38. The minimum absolute atomic E-state index is 0.00337. The summed E-state index contributed by atoms with van der Waals surface area (Å²) in [6, 6.07) is 2.29. The van der Waals surface area contributed by atoms with E-state index in [1.54, 1.807) is 11.3 Å². The highest BCUT2D eigenvalue weighted by Gasteiger charge is 2.22. The summed E-state index contributed by atoms with van der Waals surface area (Å²) in [6.07, 6.45) is 7.18. The highest BCUT2D eigenvalue weighted by atomic mass is 32.1. The number of rotatable bonds is 5. The molecule has 4 nitrogen and oxygen atoms in total. The fourth-order valence-electron chi connectivity index (χ4n) is 2.74. The van der Waals surface area contributed by atoms with Gasteiger partial charge in [-0.05, 0) is 50.6 Å². The van der Waals surface area contributed by atoms with Crippen LogP contribution in [0.15, 0.2) is 0 Å². The summed E-state index contributed by atoms with van der Waals surface area (Å²) in [7, 11) is 0. The molecule has 0 radical (unpaired) electrons. The molecule has 3 N–H and O–H groups in total. The van der Waals surface area contributed by atoms with Gasteiger partial charge in [0.05, 0.1) is 5.56 Å². The molecule has 114 valence electrons. The van der Waals surface area contributed by atoms with Gasteiger partial charge >= 0.3 is 0 Å². The molecule has 2 rings (SSSR count). The van der Waals surface area contributed by atoms with E-state index in [1.807, 2.05) is 6.92 Å². The Kier molecular flexibility index (Phi) is 5.77. The second-order valence-electron chi connectivity index (χ2n) is 5.70. The first-order chi connectivity index (χ1) is 10.2. The number of nitrogens with zero attached hydrogens (tertiary/aromatic N) is 1. The lowest BCUT2D eigenvalue weighted by atomic mass is 10.0. The third kappa shape index (κ3) is 3.84. The molecule has 1 heterocycles. The first-order valence-electron chi connectivity index (χ1n) is 7.73. The van der Waals surface area contributed by atoms with Crippen molar-refractivity contribution in [2.75, 3.05) is 11.9 Å². The highest BCUT2D eigenvalue weighted by molar-refractivity contribution is 7.16. The molecular weight excluding hydrogens is 282 g/mol. The fraction of sp³-hybridized carbons (Fsp3) is 0.625. The molecule has 0 saturated carbocycles. The number of aryl methyl sites for hydroxylation is 1. The van der Waals surface area contributed by atoms with Gasteiger partial charge in [0.25, 0.3) is 0 Å². The molecule has 1 aliphatic rings. The number of anilines is 1. The maximum atomic E-state index is 12.2. The Labute approximate surface area is 130 Å². The van der Waals surface area contributed by atoms with E-state index < -0.39 is 0 Å². The number of nitriles is 1. The Morgan fingerprint density at radius 3 is 2.90 bits per heavy atom. The van der Waals surface area contributed by atoms with Crippen molar-refractivity contribution in [2.45, 2.75) is 51.9 Å². The van der Waals surface area contributed by atoms with Gasteiger partial charge < -0.3 is 11.1 Å². The van der Waals surface area contributed by atoms with Gasteiger partial charge in [-0.25, -0.2) is 0 Å². The monoisotopic (exact) mass is 305 g/mol. The zero-order chi connectivity index (χ0) is 15.2. The zero-order valence-electron chi connectivity index (χ0n) is 12.6. The van der Waals surface area contributed by atoms with E-state index in [-0.39, 0.29) is 11.8 Å². The van der Waals surface area contributed by atoms with Gasteiger partial charge in [-0.1, -0.05) is 13.3 Å². The standard InChI is InChI=1S/C16H23N3OS/c1-11(6-5-9-17)15(20)19-16-13(10-18)12-7-3-2-4-8-14(12)21-16/h11H,2-9,17H2,1H3,(H,19,20). The molecule has 1 aliphatic carbocycles. The summed E-state index contributed by atoms with van der Waals surface area (Å²) >= 11 is 1.59. The van der Waals surface area contributed by atoms with E-state index in [0.29, 0.717) is 12.1 Å². The number of carbonyl (C=O) groups excluding carboxylic acids is 1. The van der Waals surface area contributed by atoms with Crippen molar-refractivity contribution in [3.05, 3.63) is 16.0 Å². The Balaban J connectivity index is 2.13. The van der Waals surface area contributed by atoms with Crippen molar-refractivity contribution in [3.63, 3.8) is 0 Å². The summed E-state index contributed by atoms with van der Waals surface area (Å²) in [5.41, 5.74) is 7.35. The molecule has 0 aromatic carbocycles. The number of thiophene rings is 1. The minimum atomic E-state index is -0.0676. The highest BCUT2D eigenvalue weighted by Crippen LogP contribution is 2.37. The fourth-order valence-corrected chi connectivity index (χ4v) is 3.98. The SMILES string of the molecule is CC(CCCN)C(=O)Nc1sc2c(c1C#N)CCCCC2. The lowest BCUT2D eigenvalue weighted by molar-refractivity contribution is -0.119. The van der Waals surface area contributed by atoms with E-state index in [4.69, 9.17) is 5.73 Å². The van der Waals surface area contributed by atoms with Crippen molar-refractivity contribution in [3.8, 4) is 6.07 Å². The van der Waals surface area contributed by atoms with Crippen molar-refractivity contribution in [2.24, 2.45) is 11.7 Å². The van der Waals surface area contributed by atoms with Crippen LogP contribution in [0.2, 0.25) is 0 Å². The van der Waals surface area contributed by atoms with Crippen LogP contribution in [0.5, 0.6) is 0 Å². The third-order valence-electron chi connectivity index (χ3n) is 4.06. The second-order valence-corrected chi connectivity index (χ2v) is 6.81. The molecule has 1 aromatic heterocycles. The molecule has 1 aromatic rings. The first kappa shape index (κ1) is 16.0. The van der Waals surface area contributed by atoms with Crippen LogP contribution in [0.1, 0.15) is 55.0 Å². The van der Waals surface area contributed by atoms with Crippen LogP contribution in [0.4, 0.5) is 5.00 Å². The molecule has 1 atom stereocenters. The van der Waals surface area contributed by atoms with Gasteiger partial charge in [0.15, 0.2) is 0 Å². The average molecular weight is 305 g/mol. The number of nitrogens with one attached hydrogen (secondary N) is 1. The predicted molar refractivity (Wildman–Crippen MR) is 86.4 cm³/mol. The number of nitrogens with two attached hydrogens (primary N) is 1. The predicted octanol–water partition coefficient (Wildman–Crippen LogP) is 3.20. The van der Waals surface area contributed by atoms with Crippen LogP contribution in [-0.2, 0) is 17.6 Å². The number of fused-ring (bicyclic) bond motifs is 1. The quantitative estimate of drug-likeness (QED) is 0.820. The van der Waals surface area contributed by atoms with Gasteiger partial charge in [0, 0.05) is 10.8 Å². The number of carbonyl (C=O) groups is 1. The third-order valence-corrected chi connectivity index (χ3v) is 5.27. The molecule has 1 unspecified atom stereocenters. The summed E-state index contributed by atoms with van der Waals surface area (Å²) in [5.74, 6) is -0.0710. The second kappa shape index (κ2) is 7.58. The molecule has 1 amide bonds. The number of amides is 1. The van der Waals surface area contributed by atoms with Gasteiger partial charge in [-0.15, -0.1) is 11.3 Å². The molecule has 0 saturated heterocycles. The Morgan fingerprint density at radius 2 is 2.19 bits per heavy atom. The van der Waals surface area contributed by atoms with Crippen molar-refractivity contribution < 1.29 is 4.79 Å². The lowest BCUT2D eigenvalue weighted by Gasteiger charge is -2.10. The van der Waals surface area contributed by atoms with E-state index >= 15 is 0 Å². The topological polar surface area (TPSA) is 78.9 Å². The number of hydrogen-bond acceptors (Lipinski definition) is 4. The van der Waals surface area contributed by atoms with Gasteiger partial charge in [0.2, 0.25) is 5.91 Å². The van der Waals surface area contributed by atoms with Crippen molar-refractivity contribution >= 4 is 22.2 Å². The molecule has 0 spiro atoms. The van der Waals surface area contributed by atoms with Crippen LogP contribution in [0.3, 0.4) is 0 Å². The Morgan fingerprint density at radius 1 is 1.43 bits per heavy atom. The largest absolute Gasteiger partial charge is 0.330 e. The van der Waals surface area contributed by atoms with Crippen LogP contribution in [-0.4, -0.2) is 12.5 Å². The van der Waals surface area contributed by atoms with E-state index in [2.05, 4.69) is 11.4 Å². The van der Waals surface area contributed by atoms with E-state index in [1.165, 1.54) is 23.3 Å². The number of hydrogen-bond donors (Lipinski definition) is 2. The molecule has 0 aliphatic heterocycles. The Bertz CT molecular complexity index is 544. The van der Waals surface area contributed by atoms with Crippen molar-refractivity contribution in [1.29, 1.82) is 5.26 Å². The first-order valence-corrected chi connectivity index (χ1v) is 8.54. The summed E-state index contributed by atoms with van der Waals surface area (Å²) < 4.78 is 0.